The summed E-state index contributed by atoms with van der Waals surface area (Å²) >= 11 is 0. The SMILES string of the molecule is CCc1cc(Cc2c(OC3OC(C(=O)OC4OC(C(=O)O)C(O)C(O)C4O)C(O)C(O)C3O)cc3c(c2O)C(=[OH+])CC(c2ccc(O)c(O)c2)O3)c[n-]1. The first-order valence-electron chi connectivity index (χ1n) is 16.3. The lowest BCUT2D eigenvalue weighted by atomic mass is 9.92. The van der Waals surface area contributed by atoms with Gasteiger partial charge in [0.1, 0.15) is 66.4 Å². The van der Waals surface area contributed by atoms with E-state index in [0.717, 1.165) is 5.69 Å². The van der Waals surface area contributed by atoms with Crippen molar-refractivity contribution in [1.82, 2.24) is 4.98 Å². The standard InChI is InChI=1S/C34H36NO18/c1-2-13-5-11(10-35-13)6-14-19(9-20-21(22(14)39)17(38)8-18(49-20)12-3-4-15(36)16(37)7-12)50-33-27(44)24(41)26(43)30(52-33)32(48)53-34-28(45)23(40)25(42)29(51-34)31(46)47/h3-5,7,9-10,18,23-30,33-34,36-37,40-45H,2,6,8H2,1H3,(H,38,39)(H,46,47)/q-1/p+1. The fourth-order valence-electron chi connectivity index (χ4n) is 6.25. The molecule has 0 aliphatic carbocycles. The first kappa shape index (κ1) is 37.8. The topological polar surface area (TPSA) is 318 Å². The molecule has 1 aromatic heterocycles. The molecule has 3 aliphatic rings. The second-order valence-corrected chi connectivity index (χ2v) is 12.8. The van der Waals surface area contributed by atoms with E-state index in [2.05, 4.69) is 4.98 Å². The fourth-order valence-corrected chi connectivity index (χ4v) is 6.25. The summed E-state index contributed by atoms with van der Waals surface area (Å²) in [7, 11) is 0. The van der Waals surface area contributed by atoms with Crippen molar-refractivity contribution >= 4 is 17.7 Å². The summed E-state index contributed by atoms with van der Waals surface area (Å²) in [6.07, 6.45) is -20.4. The van der Waals surface area contributed by atoms with E-state index in [1.54, 1.807) is 12.3 Å². The molecule has 19 nitrogen and oxygen atoms in total. The molecule has 3 aromatic rings. The van der Waals surface area contributed by atoms with Crippen molar-refractivity contribution < 1.29 is 89.1 Å². The minimum absolute atomic E-state index is 0.0104. The third-order valence-corrected chi connectivity index (χ3v) is 9.22. The maximum atomic E-state index is 13.2. The number of benzene rings is 2. The van der Waals surface area contributed by atoms with E-state index in [9.17, 15) is 65.4 Å². The molecule has 0 radical (unpaired) electrons. The van der Waals surface area contributed by atoms with Crippen LogP contribution >= 0.6 is 0 Å². The van der Waals surface area contributed by atoms with Crippen LogP contribution in [0.3, 0.4) is 0 Å². The number of aromatic nitrogens is 1. The van der Waals surface area contributed by atoms with Gasteiger partial charge in [-0.1, -0.05) is 31.0 Å². The quantitative estimate of drug-likeness (QED) is 0.0640. The molecule has 0 amide bonds. The Morgan fingerprint density at radius 3 is 2.17 bits per heavy atom. The number of hydrogen-bond donors (Lipinski definition) is 10. The van der Waals surface area contributed by atoms with E-state index in [-0.39, 0.29) is 41.3 Å². The van der Waals surface area contributed by atoms with Crippen molar-refractivity contribution in [2.75, 3.05) is 0 Å². The molecule has 4 heterocycles. The van der Waals surface area contributed by atoms with Crippen LogP contribution in [0.4, 0.5) is 0 Å². The number of aliphatic hydroxyl groups is 6. The Morgan fingerprint density at radius 1 is 0.868 bits per heavy atom. The molecule has 2 saturated heterocycles. The van der Waals surface area contributed by atoms with Gasteiger partial charge >= 0.3 is 17.7 Å². The third-order valence-electron chi connectivity index (χ3n) is 9.22. The highest BCUT2D eigenvalue weighted by Crippen LogP contribution is 2.46. The lowest BCUT2D eigenvalue weighted by Crippen LogP contribution is -2.63. The highest BCUT2D eigenvalue weighted by molar-refractivity contribution is 6.04. The number of hydrogen-bond acceptors (Lipinski definition) is 16. The van der Waals surface area contributed by atoms with E-state index >= 15 is 0 Å². The van der Waals surface area contributed by atoms with Crippen molar-refractivity contribution in [3.8, 4) is 28.7 Å². The molecular formula is C34H37NO18. The van der Waals surface area contributed by atoms with E-state index in [1.807, 2.05) is 6.92 Å². The summed E-state index contributed by atoms with van der Waals surface area (Å²) in [5, 5.41) is 103. The molecule has 286 valence electrons. The minimum atomic E-state index is -2.19. The number of esters is 1. The number of aryl methyl sites for hydroxylation is 1. The Bertz CT molecular complexity index is 1880. The number of aromatic hydroxyl groups is 3. The molecule has 11 N–H and O–H groups in total. The third kappa shape index (κ3) is 7.20. The maximum Gasteiger partial charge on any atom is 0.340 e. The Morgan fingerprint density at radius 2 is 1.53 bits per heavy atom. The van der Waals surface area contributed by atoms with Crippen LogP contribution < -0.4 is 14.5 Å². The number of aliphatic hydroxyl groups excluding tert-OH is 6. The average molecular weight is 748 g/mol. The van der Waals surface area contributed by atoms with Gasteiger partial charge in [0.2, 0.25) is 12.6 Å². The van der Waals surface area contributed by atoms with Gasteiger partial charge in [-0.25, -0.2) is 9.59 Å². The number of ether oxygens (including phenoxy) is 5. The largest absolute Gasteiger partial charge is 0.667 e. The van der Waals surface area contributed by atoms with Crippen molar-refractivity contribution in [2.24, 2.45) is 0 Å². The van der Waals surface area contributed by atoms with Gasteiger partial charge in [0, 0.05) is 18.1 Å². The zero-order valence-electron chi connectivity index (χ0n) is 27.7. The highest BCUT2D eigenvalue weighted by atomic mass is 16.7. The van der Waals surface area contributed by atoms with Crippen LogP contribution in [-0.4, -0.2) is 135 Å². The molecular weight excluding hydrogens is 710 g/mol. The summed E-state index contributed by atoms with van der Waals surface area (Å²) in [6, 6.07) is 6.86. The smallest absolute Gasteiger partial charge is 0.340 e. The van der Waals surface area contributed by atoms with Crippen LogP contribution in [0.15, 0.2) is 36.5 Å². The molecule has 6 rings (SSSR count). The first-order chi connectivity index (χ1) is 25.1. The Kier molecular flexibility index (Phi) is 10.5. The van der Waals surface area contributed by atoms with Crippen LogP contribution in [0.25, 0.3) is 0 Å². The number of carboxylic acid groups (broad SMARTS) is 1. The summed E-state index contributed by atoms with van der Waals surface area (Å²) in [5.41, 5.74) is 1.56. The van der Waals surface area contributed by atoms with Crippen LogP contribution in [-0.2, 0) is 36.6 Å². The summed E-state index contributed by atoms with van der Waals surface area (Å²) < 4.78 is 27.5. The lowest BCUT2D eigenvalue weighted by molar-refractivity contribution is -0.302. The summed E-state index contributed by atoms with van der Waals surface area (Å²) in [6.45, 7) is 1.88. The van der Waals surface area contributed by atoms with Crippen molar-refractivity contribution in [1.29, 1.82) is 0 Å². The zero-order valence-corrected chi connectivity index (χ0v) is 27.7. The maximum absolute atomic E-state index is 13.2. The van der Waals surface area contributed by atoms with Gasteiger partial charge in [-0.3, -0.25) is 4.79 Å². The van der Waals surface area contributed by atoms with E-state index in [4.69, 9.17) is 23.7 Å². The van der Waals surface area contributed by atoms with Crippen LogP contribution in [0.5, 0.6) is 28.7 Å². The number of carbonyl (C=O) groups excluding carboxylic acids is 2. The molecule has 11 unspecified atom stereocenters. The zero-order chi connectivity index (χ0) is 38.5. The molecule has 0 bridgehead atoms. The predicted molar refractivity (Wildman–Crippen MR) is 172 cm³/mol. The molecule has 2 aromatic carbocycles. The van der Waals surface area contributed by atoms with Gasteiger partial charge in [0.15, 0.2) is 29.3 Å². The number of ketones is 1. The number of rotatable bonds is 9. The normalized spacial score (nSPS) is 31.3. The van der Waals surface area contributed by atoms with Gasteiger partial charge in [-0.05, 0) is 17.7 Å². The lowest BCUT2D eigenvalue weighted by Gasteiger charge is -2.41. The summed E-state index contributed by atoms with van der Waals surface area (Å²) in [5.74, 6) is -5.40. The van der Waals surface area contributed by atoms with Gasteiger partial charge in [0.05, 0.1) is 0 Å². The Hall–Kier alpha value is -4.99. The summed E-state index contributed by atoms with van der Waals surface area (Å²) in [4.78, 5) is 40.1. The van der Waals surface area contributed by atoms with Crippen LogP contribution in [0.2, 0.25) is 0 Å². The monoisotopic (exact) mass is 747 g/mol. The van der Waals surface area contributed by atoms with Gasteiger partial charge in [0.25, 0.3) is 0 Å². The van der Waals surface area contributed by atoms with E-state index < -0.39 is 96.7 Å². The number of carboxylic acids is 1. The minimum Gasteiger partial charge on any atom is -0.667 e. The second kappa shape index (κ2) is 14.8. The number of phenols is 3. The average Bonchev–Trinajstić information content (AvgIpc) is 3.58. The Balaban J connectivity index is 1.32. The predicted octanol–water partition coefficient (Wildman–Crippen LogP) is -2.05. The van der Waals surface area contributed by atoms with Crippen molar-refractivity contribution in [2.45, 2.75) is 93.7 Å². The van der Waals surface area contributed by atoms with Gasteiger partial charge in [-0.2, -0.15) is 11.9 Å². The van der Waals surface area contributed by atoms with Crippen molar-refractivity contribution in [3.05, 3.63) is 64.5 Å². The number of phenolic OH excluding ortho intramolecular Hbond substituents is 3. The molecule has 0 saturated carbocycles. The van der Waals surface area contributed by atoms with Crippen LogP contribution in [0, 0.1) is 0 Å². The van der Waals surface area contributed by atoms with E-state index in [1.165, 1.54) is 24.3 Å². The Labute approximate surface area is 298 Å². The molecule has 2 fully saturated rings. The molecule has 0 spiro atoms. The van der Waals surface area contributed by atoms with Gasteiger partial charge in [-0.15, -0.1) is 0 Å². The first-order valence-corrected chi connectivity index (χ1v) is 16.3. The van der Waals surface area contributed by atoms with Crippen molar-refractivity contribution in [3.63, 3.8) is 0 Å². The van der Waals surface area contributed by atoms with Gasteiger partial charge < -0.3 is 79.7 Å². The number of aliphatic carboxylic acids is 1. The fraction of sp³-hybridized carbons (Fsp3) is 0.441. The molecule has 53 heavy (non-hydrogen) atoms. The van der Waals surface area contributed by atoms with E-state index in [0.29, 0.717) is 17.5 Å². The molecule has 3 aliphatic heterocycles. The molecule has 11 atom stereocenters. The molecule has 19 heteroatoms. The second-order valence-electron chi connectivity index (χ2n) is 12.8. The van der Waals surface area contributed by atoms with Crippen LogP contribution in [0.1, 0.15) is 47.4 Å². The number of fused-ring (bicyclic) bond motifs is 1. The number of nitrogens with zero attached hydrogens (tertiary/aromatic N) is 1. The number of carbonyl (C=O) groups is 2. The highest BCUT2D eigenvalue weighted by Gasteiger charge is 2.53.